The molecule has 0 amide bonds. The molecule has 0 spiro atoms. The zero-order valence-electron chi connectivity index (χ0n) is 10.3. The van der Waals surface area contributed by atoms with E-state index in [9.17, 15) is 0 Å². The lowest BCUT2D eigenvalue weighted by Gasteiger charge is -2.15. The van der Waals surface area contributed by atoms with Crippen LogP contribution in [0, 0.1) is 11.8 Å². The molecular formula is C12H20N4O. The predicted molar refractivity (Wildman–Crippen MR) is 64.5 cm³/mol. The summed E-state index contributed by atoms with van der Waals surface area (Å²) in [5.74, 6) is 2.35. The molecule has 0 aromatic carbocycles. The molecule has 2 aliphatic carbocycles. The first kappa shape index (κ1) is 11.0. The summed E-state index contributed by atoms with van der Waals surface area (Å²) in [6, 6.07) is 1.17. The number of nitrogens with zero attached hydrogens (tertiary/aromatic N) is 2. The summed E-state index contributed by atoms with van der Waals surface area (Å²) in [6.45, 7) is 3.63. The van der Waals surface area contributed by atoms with Crippen molar-refractivity contribution < 1.29 is 4.42 Å². The first-order valence-corrected chi connectivity index (χ1v) is 6.66. The second-order valence-electron chi connectivity index (χ2n) is 5.13. The fraction of sp³-hybridized carbons (Fsp3) is 0.833. The maximum Gasteiger partial charge on any atom is 0.315 e. The van der Waals surface area contributed by atoms with Gasteiger partial charge >= 0.3 is 6.01 Å². The zero-order valence-corrected chi connectivity index (χ0v) is 10.3. The molecule has 5 heteroatoms. The van der Waals surface area contributed by atoms with Gasteiger partial charge in [-0.3, -0.25) is 0 Å². The average molecular weight is 236 g/mol. The van der Waals surface area contributed by atoms with Gasteiger partial charge in [0.25, 0.3) is 0 Å². The lowest BCUT2D eigenvalue weighted by atomic mass is 10.1. The second kappa shape index (κ2) is 4.64. The summed E-state index contributed by atoms with van der Waals surface area (Å²) in [4.78, 5) is 0. The third-order valence-electron chi connectivity index (χ3n) is 3.54. The number of nitrogens with one attached hydrogen (secondary N) is 2. The number of aromatic nitrogens is 2. The van der Waals surface area contributed by atoms with Crippen LogP contribution >= 0.6 is 0 Å². The summed E-state index contributed by atoms with van der Waals surface area (Å²) < 4.78 is 5.58. The fourth-order valence-electron chi connectivity index (χ4n) is 2.29. The molecule has 2 N–H and O–H groups in total. The minimum absolute atomic E-state index is 0.572. The Morgan fingerprint density at radius 3 is 2.53 bits per heavy atom. The highest BCUT2D eigenvalue weighted by Gasteiger charge is 2.42. The first-order valence-electron chi connectivity index (χ1n) is 6.66. The van der Waals surface area contributed by atoms with Crippen LogP contribution in [-0.4, -0.2) is 22.8 Å². The third-order valence-corrected chi connectivity index (χ3v) is 3.54. The van der Waals surface area contributed by atoms with E-state index in [0.29, 0.717) is 24.5 Å². The van der Waals surface area contributed by atoms with Crippen LogP contribution in [0.1, 0.15) is 38.5 Å². The Kier molecular flexibility index (Phi) is 3.01. The van der Waals surface area contributed by atoms with Gasteiger partial charge in [-0.2, -0.15) is 0 Å². The van der Waals surface area contributed by atoms with E-state index in [1.165, 1.54) is 25.7 Å². The normalized spacial score (nSPS) is 19.9. The van der Waals surface area contributed by atoms with Crippen molar-refractivity contribution in [3.8, 4) is 0 Å². The van der Waals surface area contributed by atoms with Gasteiger partial charge in [-0.05, 0) is 44.1 Å². The van der Waals surface area contributed by atoms with E-state index >= 15 is 0 Å². The van der Waals surface area contributed by atoms with Crippen LogP contribution in [0.25, 0.3) is 0 Å². The maximum absolute atomic E-state index is 5.58. The van der Waals surface area contributed by atoms with Crippen LogP contribution in [0.15, 0.2) is 4.42 Å². The van der Waals surface area contributed by atoms with Crippen LogP contribution in [-0.2, 0) is 6.54 Å². The van der Waals surface area contributed by atoms with Crippen molar-refractivity contribution in [3.63, 3.8) is 0 Å². The summed E-state index contributed by atoms with van der Waals surface area (Å²) in [5.41, 5.74) is 0. The van der Waals surface area contributed by atoms with Crippen molar-refractivity contribution in [1.29, 1.82) is 0 Å². The molecule has 3 rings (SSSR count). The quantitative estimate of drug-likeness (QED) is 0.755. The summed E-state index contributed by atoms with van der Waals surface area (Å²) in [5, 5.41) is 14.7. The molecule has 0 bridgehead atoms. The number of hydrogen-bond donors (Lipinski definition) is 2. The van der Waals surface area contributed by atoms with Crippen molar-refractivity contribution in [3.05, 3.63) is 5.89 Å². The highest BCUT2D eigenvalue weighted by atomic mass is 16.4. The fourth-order valence-corrected chi connectivity index (χ4v) is 2.29. The molecule has 94 valence electrons. The van der Waals surface area contributed by atoms with Gasteiger partial charge in [0.05, 0.1) is 6.54 Å². The molecule has 2 saturated carbocycles. The predicted octanol–water partition coefficient (Wildman–Crippen LogP) is 1.78. The number of hydrogen-bond acceptors (Lipinski definition) is 5. The van der Waals surface area contributed by atoms with E-state index < -0.39 is 0 Å². The average Bonchev–Trinajstić information content (AvgIpc) is 3.23. The molecule has 0 unspecified atom stereocenters. The van der Waals surface area contributed by atoms with Crippen molar-refractivity contribution in [2.45, 2.75) is 45.2 Å². The van der Waals surface area contributed by atoms with E-state index in [1.54, 1.807) is 0 Å². The maximum atomic E-state index is 5.58. The van der Waals surface area contributed by atoms with Gasteiger partial charge in [-0.1, -0.05) is 12.0 Å². The van der Waals surface area contributed by atoms with Gasteiger partial charge < -0.3 is 15.1 Å². The molecule has 0 saturated heterocycles. The lowest BCUT2D eigenvalue weighted by molar-refractivity contribution is 0.464. The van der Waals surface area contributed by atoms with Crippen molar-refractivity contribution >= 4 is 6.01 Å². The first-order chi connectivity index (χ1) is 8.36. The van der Waals surface area contributed by atoms with Crippen molar-refractivity contribution in [2.24, 2.45) is 11.8 Å². The van der Waals surface area contributed by atoms with E-state index in [4.69, 9.17) is 4.42 Å². The molecule has 17 heavy (non-hydrogen) atoms. The van der Waals surface area contributed by atoms with Gasteiger partial charge in [0.2, 0.25) is 5.89 Å². The Bertz CT molecular complexity index is 358. The third kappa shape index (κ3) is 2.77. The Morgan fingerprint density at radius 1 is 1.24 bits per heavy atom. The second-order valence-corrected chi connectivity index (χ2v) is 5.13. The van der Waals surface area contributed by atoms with Crippen LogP contribution in [0.3, 0.4) is 0 Å². The van der Waals surface area contributed by atoms with Gasteiger partial charge in [-0.25, -0.2) is 0 Å². The SMILES string of the molecule is CCNCc1nnc(NC(C2CC2)C2CC2)o1. The minimum atomic E-state index is 0.572. The van der Waals surface area contributed by atoms with E-state index in [-0.39, 0.29) is 0 Å². The molecule has 2 fully saturated rings. The molecule has 0 radical (unpaired) electrons. The molecule has 2 aliphatic rings. The number of rotatable bonds is 7. The molecule has 0 atom stereocenters. The van der Waals surface area contributed by atoms with Gasteiger partial charge in [-0.15, -0.1) is 5.10 Å². The molecule has 0 aliphatic heterocycles. The van der Waals surface area contributed by atoms with Crippen molar-refractivity contribution in [1.82, 2.24) is 15.5 Å². The number of anilines is 1. The van der Waals surface area contributed by atoms with Crippen LogP contribution in [0.2, 0.25) is 0 Å². The Balaban J connectivity index is 1.57. The Labute approximate surface area is 101 Å². The van der Waals surface area contributed by atoms with Crippen LogP contribution in [0.5, 0.6) is 0 Å². The molecule has 1 aromatic rings. The van der Waals surface area contributed by atoms with E-state index in [0.717, 1.165) is 18.4 Å². The summed E-state index contributed by atoms with van der Waals surface area (Å²) >= 11 is 0. The molecule has 5 nitrogen and oxygen atoms in total. The standard InChI is InChI=1S/C12H20N4O/c1-2-13-7-10-15-16-12(17-10)14-11(8-3-4-8)9-5-6-9/h8-9,11,13H,2-7H2,1H3,(H,14,16). The monoisotopic (exact) mass is 236 g/mol. The minimum Gasteiger partial charge on any atom is -0.407 e. The highest BCUT2D eigenvalue weighted by Crippen LogP contribution is 2.45. The largest absolute Gasteiger partial charge is 0.407 e. The zero-order chi connectivity index (χ0) is 11.7. The molecular weight excluding hydrogens is 216 g/mol. The van der Waals surface area contributed by atoms with Gasteiger partial charge in [0, 0.05) is 6.04 Å². The topological polar surface area (TPSA) is 63.0 Å². The Morgan fingerprint density at radius 2 is 1.94 bits per heavy atom. The summed E-state index contributed by atoms with van der Waals surface area (Å²) in [7, 11) is 0. The van der Waals surface area contributed by atoms with Gasteiger partial charge in [0.15, 0.2) is 0 Å². The van der Waals surface area contributed by atoms with Crippen LogP contribution in [0.4, 0.5) is 6.01 Å². The smallest absolute Gasteiger partial charge is 0.315 e. The van der Waals surface area contributed by atoms with Crippen molar-refractivity contribution in [2.75, 3.05) is 11.9 Å². The van der Waals surface area contributed by atoms with E-state index in [2.05, 4.69) is 27.8 Å². The highest BCUT2D eigenvalue weighted by molar-refractivity contribution is 5.23. The summed E-state index contributed by atoms with van der Waals surface area (Å²) in [6.07, 6.45) is 5.41. The molecule has 1 aromatic heterocycles. The Hall–Kier alpha value is -1.10. The van der Waals surface area contributed by atoms with Gasteiger partial charge in [0.1, 0.15) is 0 Å². The lowest BCUT2D eigenvalue weighted by Crippen LogP contribution is -2.24. The van der Waals surface area contributed by atoms with Crippen LogP contribution < -0.4 is 10.6 Å². The molecule has 1 heterocycles. The van der Waals surface area contributed by atoms with E-state index in [1.807, 2.05) is 0 Å².